The number of carboxylic acid groups (broad SMARTS) is 1. The topological polar surface area (TPSA) is 63.6 Å². The minimum absolute atomic E-state index is 0.0837. The molecule has 0 aliphatic rings. The Labute approximate surface area is 77.2 Å². The number of carbonyl (C=O) groups is 2. The van der Waals surface area contributed by atoms with Crippen molar-refractivity contribution < 1.29 is 19.4 Å². The van der Waals surface area contributed by atoms with Crippen molar-refractivity contribution in [1.82, 2.24) is 0 Å². The zero-order valence-electron chi connectivity index (χ0n) is 7.66. The van der Waals surface area contributed by atoms with Crippen LogP contribution in [-0.2, 0) is 14.3 Å². The molecule has 0 saturated carbocycles. The smallest absolute Gasteiger partial charge is 0.306 e. The van der Waals surface area contributed by atoms with Gasteiger partial charge in [0.2, 0.25) is 0 Å². The summed E-state index contributed by atoms with van der Waals surface area (Å²) in [4.78, 5) is 21.0. The van der Waals surface area contributed by atoms with Gasteiger partial charge in [-0.3, -0.25) is 9.59 Å². The van der Waals surface area contributed by atoms with Gasteiger partial charge in [0.1, 0.15) is 6.10 Å². The van der Waals surface area contributed by atoms with Crippen LogP contribution in [0.5, 0.6) is 0 Å². The first-order valence-corrected chi connectivity index (χ1v) is 4.14. The van der Waals surface area contributed by atoms with Crippen LogP contribution in [0, 0.1) is 0 Å². The van der Waals surface area contributed by atoms with Gasteiger partial charge in [0.25, 0.3) is 0 Å². The molecule has 0 aromatic carbocycles. The number of ether oxygens (including phenoxy) is 1. The Morgan fingerprint density at radius 3 is 2.54 bits per heavy atom. The van der Waals surface area contributed by atoms with Gasteiger partial charge in [0.05, 0.1) is 12.8 Å². The van der Waals surface area contributed by atoms with Gasteiger partial charge in [0, 0.05) is 0 Å². The van der Waals surface area contributed by atoms with Crippen molar-refractivity contribution in [2.45, 2.75) is 32.3 Å². The van der Waals surface area contributed by atoms with Crippen molar-refractivity contribution in [3.63, 3.8) is 0 Å². The van der Waals surface area contributed by atoms with Crippen LogP contribution in [0.25, 0.3) is 0 Å². The Morgan fingerprint density at radius 2 is 2.15 bits per heavy atom. The van der Waals surface area contributed by atoms with Crippen LogP contribution in [0.1, 0.15) is 26.2 Å². The molecule has 1 unspecified atom stereocenters. The number of esters is 1. The first kappa shape index (κ1) is 11.7. The Bertz CT molecular complexity index is 198. The van der Waals surface area contributed by atoms with E-state index in [0.717, 1.165) is 0 Å². The van der Waals surface area contributed by atoms with Crippen LogP contribution in [0.15, 0.2) is 12.7 Å². The van der Waals surface area contributed by atoms with Gasteiger partial charge in [-0.05, 0) is 6.42 Å². The molecule has 0 rings (SSSR count). The van der Waals surface area contributed by atoms with E-state index < -0.39 is 11.9 Å². The van der Waals surface area contributed by atoms with Gasteiger partial charge in [-0.1, -0.05) is 19.6 Å². The molecular weight excluding hydrogens is 172 g/mol. The monoisotopic (exact) mass is 186 g/mol. The highest BCUT2D eigenvalue weighted by atomic mass is 16.5. The Hall–Kier alpha value is -1.32. The SMILES string of the molecule is C=CC(CC)OC(=O)CCC(=O)O. The Morgan fingerprint density at radius 1 is 1.54 bits per heavy atom. The molecule has 0 aliphatic heterocycles. The standard InChI is InChI=1S/C9H14O4/c1-3-7(4-2)13-9(12)6-5-8(10)11/h3,7H,1,4-6H2,2H3,(H,10,11). The van der Waals surface area contributed by atoms with Crippen LogP contribution in [-0.4, -0.2) is 23.1 Å². The summed E-state index contributed by atoms with van der Waals surface area (Å²) >= 11 is 0. The molecule has 0 bridgehead atoms. The number of carbonyl (C=O) groups excluding carboxylic acids is 1. The minimum atomic E-state index is -0.997. The van der Waals surface area contributed by atoms with Crippen molar-refractivity contribution in [2.75, 3.05) is 0 Å². The molecule has 74 valence electrons. The van der Waals surface area contributed by atoms with Gasteiger partial charge in [-0.25, -0.2) is 0 Å². The average molecular weight is 186 g/mol. The van der Waals surface area contributed by atoms with Gasteiger partial charge in [-0.15, -0.1) is 0 Å². The number of aliphatic carboxylic acids is 1. The van der Waals surface area contributed by atoms with Gasteiger partial charge >= 0.3 is 11.9 Å². The molecule has 0 heterocycles. The summed E-state index contributed by atoms with van der Waals surface area (Å²) in [6.45, 7) is 5.34. The zero-order chi connectivity index (χ0) is 10.3. The quantitative estimate of drug-likeness (QED) is 0.502. The molecule has 0 saturated heterocycles. The number of hydrogen-bond donors (Lipinski definition) is 1. The van der Waals surface area contributed by atoms with E-state index in [1.165, 1.54) is 6.08 Å². The molecule has 0 aromatic rings. The van der Waals surface area contributed by atoms with Crippen LogP contribution >= 0.6 is 0 Å². The van der Waals surface area contributed by atoms with Gasteiger partial charge in [0.15, 0.2) is 0 Å². The van der Waals surface area contributed by atoms with Crippen LogP contribution in [0.2, 0.25) is 0 Å². The van der Waals surface area contributed by atoms with E-state index in [4.69, 9.17) is 9.84 Å². The second-order valence-corrected chi connectivity index (χ2v) is 2.57. The van der Waals surface area contributed by atoms with Crippen molar-refractivity contribution >= 4 is 11.9 Å². The van der Waals surface area contributed by atoms with Crippen molar-refractivity contribution in [3.05, 3.63) is 12.7 Å². The first-order valence-electron chi connectivity index (χ1n) is 4.14. The van der Waals surface area contributed by atoms with E-state index in [-0.39, 0.29) is 18.9 Å². The van der Waals surface area contributed by atoms with Gasteiger partial charge < -0.3 is 9.84 Å². The van der Waals surface area contributed by atoms with Gasteiger partial charge in [-0.2, -0.15) is 0 Å². The highest BCUT2D eigenvalue weighted by molar-refractivity contribution is 5.76. The summed E-state index contributed by atoms with van der Waals surface area (Å²) < 4.78 is 4.88. The maximum atomic E-state index is 10.9. The van der Waals surface area contributed by atoms with Crippen LogP contribution in [0.3, 0.4) is 0 Å². The van der Waals surface area contributed by atoms with Crippen molar-refractivity contribution in [2.24, 2.45) is 0 Å². The maximum Gasteiger partial charge on any atom is 0.306 e. The van der Waals surface area contributed by atoms with E-state index >= 15 is 0 Å². The van der Waals surface area contributed by atoms with E-state index in [1.807, 2.05) is 6.92 Å². The highest BCUT2D eigenvalue weighted by Gasteiger charge is 2.10. The first-order chi connectivity index (χ1) is 6.10. The predicted molar refractivity (Wildman–Crippen MR) is 47.2 cm³/mol. The minimum Gasteiger partial charge on any atom is -0.481 e. The third kappa shape index (κ3) is 5.90. The highest BCUT2D eigenvalue weighted by Crippen LogP contribution is 2.02. The molecule has 0 aromatic heterocycles. The van der Waals surface area contributed by atoms with E-state index in [9.17, 15) is 9.59 Å². The molecule has 4 heteroatoms. The normalized spacial score (nSPS) is 11.8. The Balaban J connectivity index is 3.72. The largest absolute Gasteiger partial charge is 0.481 e. The molecule has 0 spiro atoms. The lowest BCUT2D eigenvalue weighted by Gasteiger charge is -2.10. The summed E-state index contributed by atoms with van der Waals surface area (Å²) in [7, 11) is 0. The summed E-state index contributed by atoms with van der Waals surface area (Å²) in [5.74, 6) is -1.49. The molecule has 13 heavy (non-hydrogen) atoms. The Kier molecular flexibility index (Phi) is 5.59. The summed E-state index contributed by atoms with van der Waals surface area (Å²) in [6.07, 6.45) is 1.61. The van der Waals surface area contributed by atoms with Crippen molar-refractivity contribution in [1.29, 1.82) is 0 Å². The maximum absolute atomic E-state index is 10.9. The molecule has 0 radical (unpaired) electrons. The number of carboxylic acids is 1. The van der Waals surface area contributed by atoms with E-state index in [2.05, 4.69) is 6.58 Å². The molecule has 1 N–H and O–H groups in total. The molecular formula is C9H14O4. The lowest BCUT2D eigenvalue weighted by atomic mass is 10.2. The lowest BCUT2D eigenvalue weighted by Crippen LogP contribution is -2.15. The van der Waals surface area contributed by atoms with E-state index in [0.29, 0.717) is 6.42 Å². The van der Waals surface area contributed by atoms with E-state index in [1.54, 1.807) is 0 Å². The average Bonchev–Trinajstić information content (AvgIpc) is 2.10. The molecule has 1 atom stereocenters. The zero-order valence-corrected chi connectivity index (χ0v) is 7.66. The molecule has 0 amide bonds. The lowest BCUT2D eigenvalue weighted by molar-refractivity contribution is -0.150. The fourth-order valence-corrected chi connectivity index (χ4v) is 0.735. The van der Waals surface area contributed by atoms with Crippen molar-refractivity contribution in [3.8, 4) is 0 Å². The molecule has 0 fully saturated rings. The summed E-state index contributed by atoms with van der Waals surface area (Å²) in [5, 5.41) is 8.28. The number of hydrogen-bond acceptors (Lipinski definition) is 3. The number of rotatable bonds is 6. The third-order valence-corrected chi connectivity index (χ3v) is 1.49. The van der Waals surface area contributed by atoms with Crippen LogP contribution in [0.4, 0.5) is 0 Å². The predicted octanol–water partition coefficient (Wildman–Crippen LogP) is 1.36. The second-order valence-electron chi connectivity index (χ2n) is 2.57. The second kappa shape index (κ2) is 6.22. The molecule has 0 aliphatic carbocycles. The summed E-state index contributed by atoms with van der Waals surface area (Å²) in [6, 6.07) is 0. The fraction of sp³-hybridized carbons (Fsp3) is 0.556. The fourth-order valence-electron chi connectivity index (χ4n) is 0.735. The van der Waals surface area contributed by atoms with Crippen LogP contribution < -0.4 is 0 Å². The molecule has 4 nitrogen and oxygen atoms in total. The summed E-state index contributed by atoms with van der Waals surface area (Å²) in [5.41, 5.74) is 0. The third-order valence-electron chi connectivity index (χ3n) is 1.49.